The van der Waals surface area contributed by atoms with Crippen LogP contribution in [-0.2, 0) is 11.3 Å². The molecule has 8 heteroatoms. The number of amides is 2. The fourth-order valence-corrected chi connectivity index (χ4v) is 3.90. The number of rotatable bonds is 5. The molecule has 1 N–H and O–H groups in total. The summed E-state index contributed by atoms with van der Waals surface area (Å²) in [6.45, 7) is 1.91. The predicted molar refractivity (Wildman–Crippen MR) is 107 cm³/mol. The van der Waals surface area contributed by atoms with E-state index in [0.29, 0.717) is 36.6 Å². The molecule has 0 atom stereocenters. The molecule has 0 saturated carbocycles. The maximum absolute atomic E-state index is 12.8. The number of aromatic nitrogens is 3. The molecule has 1 fully saturated rings. The molecular weight excluding hydrogens is 374 g/mol. The van der Waals surface area contributed by atoms with Crippen LogP contribution in [0.4, 0.5) is 5.13 Å². The first-order valence-corrected chi connectivity index (χ1v) is 10.1. The summed E-state index contributed by atoms with van der Waals surface area (Å²) in [6.07, 6.45) is 8.44. The van der Waals surface area contributed by atoms with Crippen molar-refractivity contribution in [3.63, 3.8) is 0 Å². The molecule has 0 unspecified atom stereocenters. The molecule has 2 aromatic heterocycles. The van der Waals surface area contributed by atoms with E-state index in [1.165, 1.54) is 11.3 Å². The summed E-state index contributed by atoms with van der Waals surface area (Å²) in [4.78, 5) is 35.0. The molecule has 1 aromatic carbocycles. The van der Waals surface area contributed by atoms with Gasteiger partial charge in [0.15, 0.2) is 5.13 Å². The fraction of sp³-hybridized carbons (Fsp3) is 0.300. The molecule has 7 nitrogen and oxygen atoms in total. The van der Waals surface area contributed by atoms with Crippen molar-refractivity contribution in [2.75, 3.05) is 18.4 Å². The number of piperidine rings is 1. The summed E-state index contributed by atoms with van der Waals surface area (Å²) in [7, 11) is 0. The summed E-state index contributed by atoms with van der Waals surface area (Å²) in [5, 5.41) is 5.31. The standard InChI is InChI=1S/C20H21N5O2S/c26-18(23-20-22-8-12-28-20)16-5-9-25(10-6-16)19(27)17-3-1-15(2-4-17)13-24-11-7-21-14-24/h1-4,7-8,11-12,14,16H,5-6,9-10,13H2,(H,22,23,26). The van der Waals surface area contributed by atoms with Gasteiger partial charge in [-0.1, -0.05) is 12.1 Å². The van der Waals surface area contributed by atoms with Crippen molar-refractivity contribution in [3.05, 3.63) is 65.7 Å². The first-order valence-electron chi connectivity index (χ1n) is 9.23. The van der Waals surface area contributed by atoms with Crippen LogP contribution in [0.2, 0.25) is 0 Å². The summed E-state index contributed by atoms with van der Waals surface area (Å²) >= 11 is 1.41. The van der Waals surface area contributed by atoms with E-state index < -0.39 is 0 Å². The number of anilines is 1. The van der Waals surface area contributed by atoms with Gasteiger partial charge in [-0.15, -0.1) is 11.3 Å². The van der Waals surface area contributed by atoms with Crippen LogP contribution in [0.25, 0.3) is 0 Å². The van der Waals surface area contributed by atoms with Crippen LogP contribution in [0.3, 0.4) is 0 Å². The first kappa shape index (κ1) is 18.4. The number of imidazole rings is 1. The number of carbonyl (C=O) groups excluding carboxylic acids is 2. The van der Waals surface area contributed by atoms with Crippen LogP contribution >= 0.6 is 11.3 Å². The molecule has 1 saturated heterocycles. The first-order chi connectivity index (χ1) is 13.7. The molecule has 0 radical (unpaired) electrons. The molecule has 144 valence electrons. The molecule has 3 aromatic rings. The SMILES string of the molecule is O=C(Nc1nccs1)C1CCN(C(=O)c2ccc(Cn3ccnc3)cc2)CC1. The van der Waals surface area contributed by atoms with Crippen molar-refractivity contribution in [1.82, 2.24) is 19.4 Å². The highest BCUT2D eigenvalue weighted by atomic mass is 32.1. The maximum atomic E-state index is 12.8. The summed E-state index contributed by atoms with van der Waals surface area (Å²) in [6, 6.07) is 7.69. The van der Waals surface area contributed by atoms with Crippen LogP contribution in [0.15, 0.2) is 54.6 Å². The van der Waals surface area contributed by atoms with Gasteiger partial charge in [0, 0.05) is 55.1 Å². The molecule has 3 heterocycles. The normalized spacial score (nSPS) is 14.8. The van der Waals surface area contributed by atoms with E-state index in [1.54, 1.807) is 18.7 Å². The lowest BCUT2D eigenvalue weighted by atomic mass is 9.95. The third-order valence-corrected chi connectivity index (χ3v) is 5.63. The smallest absolute Gasteiger partial charge is 0.253 e. The van der Waals surface area contributed by atoms with Crippen LogP contribution in [-0.4, -0.2) is 44.3 Å². The minimum Gasteiger partial charge on any atom is -0.339 e. The average molecular weight is 395 g/mol. The van der Waals surface area contributed by atoms with Crippen molar-refractivity contribution in [3.8, 4) is 0 Å². The number of nitrogens with zero attached hydrogens (tertiary/aromatic N) is 4. The predicted octanol–water partition coefficient (Wildman–Crippen LogP) is 2.88. The van der Waals surface area contributed by atoms with Crippen LogP contribution in [0.5, 0.6) is 0 Å². The molecule has 4 rings (SSSR count). The van der Waals surface area contributed by atoms with E-state index >= 15 is 0 Å². The highest BCUT2D eigenvalue weighted by Crippen LogP contribution is 2.22. The Morgan fingerprint density at radius 2 is 1.93 bits per heavy atom. The van der Waals surface area contributed by atoms with Crippen molar-refractivity contribution in [2.45, 2.75) is 19.4 Å². The number of carbonyl (C=O) groups is 2. The van der Waals surface area contributed by atoms with Gasteiger partial charge in [-0.05, 0) is 30.5 Å². The number of hydrogen-bond donors (Lipinski definition) is 1. The average Bonchev–Trinajstić information content (AvgIpc) is 3.42. The minimum absolute atomic E-state index is 0.00842. The van der Waals surface area contributed by atoms with Gasteiger partial charge in [0.05, 0.1) is 6.33 Å². The van der Waals surface area contributed by atoms with E-state index in [0.717, 1.165) is 12.1 Å². The van der Waals surface area contributed by atoms with Gasteiger partial charge in [-0.2, -0.15) is 0 Å². The van der Waals surface area contributed by atoms with Gasteiger partial charge in [-0.25, -0.2) is 9.97 Å². The van der Waals surface area contributed by atoms with E-state index in [-0.39, 0.29) is 17.7 Å². The topological polar surface area (TPSA) is 80.1 Å². The fourth-order valence-electron chi connectivity index (χ4n) is 3.36. The Morgan fingerprint density at radius 1 is 1.14 bits per heavy atom. The molecule has 28 heavy (non-hydrogen) atoms. The Bertz CT molecular complexity index is 914. The zero-order valence-electron chi connectivity index (χ0n) is 15.3. The van der Waals surface area contributed by atoms with E-state index in [2.05, 4.69) is 15.3 Å². The Labute approximate surface area is 167 Å². The highest BCUT2D eigenvalue weighted by Gasteiger charge is 2.28. The van der Waals surface area contributed by atoms with Crippen molar-refractivity contribution >= 4 is 28.3 Å². The summed E-state index contributed by atoms with van der Waals surface area (Å²) < 4.78 is 1.98. The zero-order chi connectivity index (χ0) is 19.3. The lowest BCUT2D eigenvalue weighted by Gasteiger charge is -2.31. The van der Waals surface area contributed by atoms with Gasteiger partial charge >= 0.3 is 0 Å². The molecule has 1 aliphatic heterocycles. The third kappa shape index (κ3) is 4.28. The summed E-state index contributed by atoms with van der Waals surface area (Å²) in [5.74, 6) is -0.0654. The lowest BCUT2D eigenvalue weighted by molar-refractivity contribution is -0.121. The lowest BCUT2D eigenvalue weighted by Crippen LogP contribution is -2.41. The van der Waals surface area contributed by atoms with Gasteiger partial charge in [0.25, 0.3) is 5.91 Å². The Kier molecular flexibility index (Phi) is 5.48. The molecule has 0 bridgehead atoms. The second-order valence-electron chi connectivity index (χ2n) is 6.82. The van der Waals surface area contributed by atoms with Crippen LogP contribution in [0, 0.1) is 5.92 Å². The van der Waals surface area contributed by atoms with E-state index in [1.807, 2.05) is 45.3 Å². The van der Waals surface area contributed by atoms with E-state index in [9.17, 15) is 9.59 Å². The van der Waals surface area contributed by atoms with Crippen LogP contribution in [0.1, 0.15) is 28.8 Å². The maximum Gasteiger partial charge on any atom is 0.253 e. The van der Waals surface area contributed by atoms with Gasteiger partial charge in [0.2, 0.25) is 5.91 Å². The van der Waals surface area contributed by atoms with E-state index in [4.69, 9.17) is 0 Å². The highest BCUT2D eigenvalue weighted by molar-refractivity contribution is 7.13. The van der Waals surface area contributed by atoms with Crippen molar-refractivity contribution < 1.29 is 9.59 Å². The number of nitrogens with one attached hydrogen (secondary N) is 1. The van der Waals surface area contributed by atoms with Gasteiger partial charge < -0.3 is 14.8 Å². The number of likely N-dealkylation sites (tertiary alicyclic amines) is 1. The Morgan fingerprint density at radius 3 is 2.57 bits per heavy atom. The molecule has 2 amide bonds. The quantitative estimate of drug-likeness (QED) is 0.720. The Balaban J connectivity index is 1.30. The minimum atomic E-state index is -0.0782. The molecular formula is C20H21N5O2S. The third-order valence-electron chi connectivity index (χ3n) is 4.94. The molecule has 0 spiro atoms. The van der Waals surface area contributed by atoms with Crippen molar-refractivity contribution in [2.24, 2.45) is 5.92 Å². The second-order valence-corrected chi connectivity index (χ2v) is 7.72. The summed E-state index contributed by atoms with van der Waals surface area (Å²) in [5.41, 5.74) is 1.80. The largest absolute Gasteiger partial charge is 0.339 e. The van der Waals surface area contributed by atoms with Crippen LogP contribution < -0.4 is 5.32 Å². The number of thiazole rings is 1. The number of hydrogen-bond acceptors (Lipinski definition) is 5. The zero-order valence-corrected chi connectivity index (χ0v) is 16.1. The van der Waals surface area contributed by atoms with Gasteiger partial charge in [-0.3, -0.25) is 9.59 Å². The van der Waals surface area contributed by atoms with Gasteiger partial charge in [0.1, 0.15) is 0 Å². The molecule has 1 aliphatic rings. The number of benzene rings is 1. The van der Waals surface area contributed by atoms with Crippen molar-refractivity contribution in [1.29, 1.82) is 0 Å². The second kappa shape index (κ2) is 8.35. The molecule has 0 aliphatic carbocycles. The monoisotopic (exact) mass is 395 g/mol. The Hall–Kier alpha value is -3.00.